The molecule has 1 aromatic heterocycles. The smallest absolute Gasteiger partial charge is 0.0385 e. The van der Waals surface area contributed by atoms with E-state index in [1.807, 2.05) is 12.3 Å². The molecule has 2 heteroatoms. The second-order valence-electron chi connectivity index (χ2n) is 3.48. The molecule has 1 aliphatic rings. The van der Waals surface area contributed by atoms with Gasteiger partial charge in [0.2, 0.25) is 0 Å². The first kappa shape index (κ1) is 7.87. The lowest BCUT2D eigenvalue weighted by atomic mass is 10.2. The summed E-state index contributed by atoms with van der Waals surface area (Å²) in [6, 6.07) is 4.15. The number of aromatic nitrogens is 1. The van der Waals surface area contributed by atoms with Gasteiger partial charge in [0.1, 0.15) is 0 Å². The Morgan fingerprint density at radius 2 is 2.58 bits per heavy atom. The normalized spacial score (nSPS) is 24.9. The van der Waals surface area contributed by atoms with E-state index in [-0.39, 0.29) is 0 Å². The summed E-state index contributed by atoms with van der Waals surface area (Å²) in [5.74, 6) is 0.389. The van der Waals surface area contributed by atoms with Crippen molar-refractivity contribution in [1.29, 1.82) is 0 Å². The van der Waals surface area contributed by atoms with Crippen LogP contribution >= 0.6 is 0 Å². The number of rotatable bonds is 2. The molecular weight excluding hydrogens is 148 g/mol. The van der Waals surface area contributed by atoms with E-state index < -0.39 is 0 Å². The zero-order chi connectivity index (χ0) is 8.39. The van der Waals surface area contributed by atoms with Gasteiger partial charge in [0, 0.05) is 25.0 Å². The molecule has 1 saturated heterocycles. The van der Waals surface area contributed by atoms with Crippen molar-refractivity contribution in [2.75, 3.05) is 13.1 Å². The van der Waals surface area contributed by atoms with Crippen LogP contribution in [-0.4, -0.2) is 23.0 Å². The van der Waals surface area contributed by atoms with Gasteiger partial charge in [0.15, 0.2) is 0 Å². The Hall–Kier alpha value is -0.760. The maximum Gasteiger partial charge on any atom is 0.0385 e. The standard InChI is InChI=1S/C10H14N2/c1-9-4-6-12(7-9)8-10-3-2-5-11-10/h1-3,5,9,11H,4,6-8H2. The average molecular weight is 162 g/mol. The second kappa shape index (κ2) is 3.31. The Morgan fingerprint density at radius 3 is 3.17 bits per heavy atom. The molecule has 1 aromatic rings. The molecule has 64 valence electrons. The van der Waals surface area contributed by atoms with E-state index in [0.29, 0.717) is 5.92 Å². The topological polar surface area (TPSA) is 19.0 Å². The van der Waals surface area contributed by atoms with E-state index in [2.05, 4.69) is 16.0 Å². The number of likely N-dealkylation sites (tertiary alicyclic amines) is 1. The third kappa shape index (κ3) is 1.69. The van der Waals surface area contributed by atoms with E-state index in [1.165, 1.54) is 5.69 Å². The van der Waals surface area contributed by atoms with Gasteiger partial charge in [0.05, 0.1) is 0 Å². The van der Waals surface area contributed by atoms with Gasteiger partial charge in [-0.25, -0.2) is 0 Å². The van der Waals surface area contributed by atoms with E-state index in [1.54, 1.807) is 0 Å². The molecule has 0 amide bonds. The third-order valence-corrected chi connectivity index (χ3v) is 2.37. The van der Waals surface area contributed by atoms with Gasteiger partial charge in [-0.05, 0) is 37.9 Å². The van der Waals surface area contributed by atoms with Crippen LogP contribution in [0.4, 0.5) is 0 Å². The predicted molar refractivity (Wildman–Crippen MR) is 48.5 cm³/mol. The van der Waals surface area contributed by atoms with Gasteiger partial charge >= 0.3 is 0 Å². The van der Waals surface area contributed by atoms with Crippen molar-refractivity contribution in [1.82, 2.24) is 9.88 Å². The highest BCUT2D eigenvalue weighted by Gasteiger charge is 2.18. The summed E-state index contributed by atoms with van der Waals surface area (Å²) in [5.41, 5.74) is 1.28. The first-order valence-corrected chi connectivity index (χ1v) is 4.45. The summed E-state index contributed by atoms with van der Waals surface area (Å²) < 4.78 is 0. The summed E-state index contributed by atoms with van der Waals surface area (Å²) in [5, 5.41) is 0. The molecule has 0 bridgehead atoms. The highest BCUT2D eigenvalue weighted by atomic mass is 15.1. The fourth-order valence-electron chi connectivity index (χ4n) is 1.71. The summed E-state index contributed by atoms with van der Waals surface area (Å²) in [6.07, 6.45) is 3.10. The van der Waals surface area contributed by atoms with Crippen molar-refractivity contribution in [3.05, 3.63) is 30.9 Å². The Kier molecular flexibility index (Phi) is 2.17. The summed E-state index contributed by atoms with van der Waals surface area (Å²) in [4.78, 5) is 5.58. The Balaban J connectivity index is 1.88. The largest absolute Gasteiger partial charge is 0.364 e. The summed E-state index contributed by atoms with van der Waals surface area (Å²) in [7, 11) is 0. The molecule has 0 aliphatic carbocycles. The number of hydrogen-bond donors (Lipinski definition) is 1. The zero-order valence-corrected chi connectivity index (χ0v) is 7.16. The summed E-state index contributed by atoms with van der Waals surface area (Å²) >= 11 is 0. The van der Waals surface area contributed by atoms with E-state index in [9.17, 15) is 0 Å². The molecule has 12 heavy (non-hydrogen) atoms. The average Bonchev–Trinajstić information content (AvgIpc) is 2.63. The first-order valence-electron chi connectivity index (χ1n) is 4.45. The van der Waals surface area contributed by atoms with Gasteiger partial charge in [-0.3, -0.25) is 4.90 Å². The molecule has 1 N–H and O–H groups in total. The minimum absolute atomic E-state index is 0.389. The third-order valence-electron chi connectivity index (χ3n) is 2.37. The van der Waals surface area contributed by atoms with Gasteiger partial charge < -0.3 is 4.98 Å². The maximum atomic E-state index is 5.80. The fraction of sp³-hybridized carbons (Fsp3) is 0.500. The lowest BCUT2D eigenvalue weighted by molar-refractivity contribution is 0.320. The van der Waals surface area contributed by atoms with Crippen LogP contribution in [0.2, 0.25) is 0 Å². The van der Waals surface area contributed by atoms with Crippen LogP contribution in [0.15, 0.2) is 18.3 Å². The van der Waals surface area contributed by atoms with Crippen LogP contribution in [0.1, 0.15) is 12.1 Å². The minimum atomic E-state index is 0.389. The quantitative estimate of drug-likeness (QED) is 0.699. The van der Waals surface area contributed by atoms with Crippen molar-refractivity contribution in [3.8, 4) is 0 Å². The molecule has 2 radical (unpaired) electrons. The predicted octanol–water partition coefficient (Wildman–Crippen LogP) is 1.55. The van der Waals surface area contributed by atoms with Crippen LogP contribution in [0.3, 0.4) is 0 Å². The molecule has 1 unspecified atom stereocenters. The number of H-pyrrole nitrogens is 1. The summed E-state index contributed by atoms with van der Waals surface area (Å²) in [6.45, 7) is 9.00. The SMILES string of the molecule is [CH]C1CCN(Cc2ccc[nH]2)C1. The Bertz CT molecular complexity index is 228. The Labute approximate surface area is 73.6 Å². The molecular formula is C10H14N2. The molecule has 1 aliphatic heterocycles. The fourth-order valence-corrected chi connectivity index (χ4v) is 1.71. The lowest BCUT2D eigenvalue weighted by Crippen LogP contribution is -2.19. The van der Waals surface area contributed by atoms with Crippen LogP contribution in [-0.2, 0) is 6.54 Å². The van der Waals surface area contributed by atoms with Crippen molar-refractivity contribution in [3.63, 3.8) is 0 Å². The maximum absolute atomic E-state index is 5.80. The van der Waals surface area contributed by atoms with Crippen LogP contribution in [0.25, 0.3) is 0 Å². The van der Waals surface area contributed by atoms with Crippen molar-refractivity contribution in [2.24, 2.45) is 5.92 Å². The highest BCUT2D eigenvalue weighted by molar-refractivity contribution is 5.03. The highest BCUT2D eigenvalue weighted by Crippen LogP contribution is 2.16. The molecule has 2 rings (SSSR count). The monoisotopic (exact) mass is 162 g/mol. The van der Waals surface area contributed by atoms with Crippen LogP contribution < -0.4 is 0 Å². The molecule has 0 aromatic carbocycles. The van der Waals surface area contributed by atoms with E-state index >= 15 is 0 Å². The van der Waals surface area contributed by atoms with Crippen molar-refractivity contribution >= 4 is 0 Å². The lowest BCUT2D eigenvalue weighted by Gasteiger charge is -2.13. The number of nitrogens with one attached hydrogen (secondary N) is 1. The molecule has 1 atom stereocenters. The van der Waals surface area contributed by atoms with E-state index in [0.717, 1.165) is 26.1 Å². The number of hydrogen-bond acceptors (Lipinski definition) is 1. The molecule has 0 spiro atoms. The Morgan fingerprint density at radius 1 is 1.67 bits per heavy atom. The van der Waals surface area contributed by atoms with Crippen LogP contribution in [0.5, 0.6) is 0 Å². The van der Waals surface area contributed by atoms with Gasteiger partial charge in [-0.1, -0.05) is 0 Å². The molecule has 1 fully saturated rings. The molecule has 2 heterocycles. The van der Waals surface area contributed by atoms with Gasteiger partial charge in [-0.15, -0.1) is 0 Å². The molecule has 2 nitrogen and oxygen atoms in total. The minimum Gasteiger partial charge on any atom is -0.364 e. The van der Waals surface area contributed by atoms with Gasteiger partial charge in [-0.2, -0.15) is 0 Å². The zero-order valence-electron chi connectivity index (χ0n) is 7.16. The number of nitrogens with zero attached hydrogens (tertiary/aromatic N) is 1. The van der Waals surface area contributed by atoms with Crippen LogP contribution in [0, 0.1) is 12.8 Å². The molecule has 0 saturated carbocycles. The first-order chi connectivity index (χ1) is 5.84. The second-order valence-corrected chi connectivity index (χ2v) is 3.48. The van der Waals surface area contributed by atoms with Crippen molar-refractivity contribution in [2.45, 2.75) is 13.0 Å². The van der Waals surface area contributed by atoms with Gasteiger partial charge in [0.25, 0.3) is 0 Å². The number of aromatic amines is 1. The van der Waals surface area contributed by atoms with E-state index in [4.69, 9.17) is 6.92 Å². The van der Waals surface area contributed by atoms with Crippen molar-refractivity contribution < 1.29 is 0 Å².